The van der Waals surface area contributed by atoms with Crippen LogP contribution in [0.3, 0.4) is 0 Å². The smallest absolute Gasteiger partial charge is 0.245 e. The van der Waals surface area contributed by atoms with Crippen LogP contribution in [0.4, 0.5) is 5.82 Å². The predicted molar refractivity (Wildman–Crippen MR) is 78.7 cm³/mol. The van der Waals surface area contributed by atoms with Crippen molar-refractivity contribution < 1.29 is 8.42 Å². The van der Waals surface area contributed by atoms with Crippen LogP contribution < -0.4 is 10.5 Å². The first kappa shape index (κ1) is 15.3. The summed E-state index contributed by atoms with van der Waals surface area (Å²) in [5, 5.41) is 3.97. The van der Waals surface area contributed by atoms with Crippen molar-refractivity contribution in [2.75, 3.05) is 12.3 Å². The first-order valence-corrected chi connectivity index (χ1v) is 8.84. The number of nitrogen functional groups attached to an aromatic ring is 1. The van der Waals surface area contributed by atoms with E-state index in [9.17, 15) is 8.42 Å². The minimum atomic E-state index is -3.54. The molecule has 6 nitrogen and oxygen atoms in total. The van der Waals surface area contributed by atoms with Gasteiger partial charge in [-0.1, -0.05) is 32.1 Å². The molecule has 0 radical (unpaired) electrons. The fourth-order valence-electron chi connectivity index (χ4n) is 2.74. The lowest BCUT2D eigenvalue weighted by Crippen LogP contribution is -2.27. The van der Waals surface area contributed by atoms with Gasteiger partial charge in [-0.2, -0.15) is 5.10 Å². The maximum atomic E-state index is 12.2. The monoisotopic (exact) mass is 300 g/mol. The molecule has 3 N–H and O–H groups in total. The van der Waals surface area contributed by atoms with E-state index in [4.69, 9.17) is 5.73 Å². The fourth-order valence-corrected chi connectivity index (χ4v) is 3.86. The normalized spacial score (nSPS) is 17.4. The Balaban J connectivity index is 1.91. The second-order valence-corrected chi connectivity index (χ2v) is 7.16. The highest BCUT2D eigenvalue weighted by molar-refractivity contribution is 7.89. The van der Waals surface area contributed by atoms with E-state index in [1.54, 1.807) is 0 Å². The number of anilines is 1. The van der Waals surface area contributed by atoms with E-state index in [2.05, 4.69) is 9.82 Å². The quantitative estimate of drug-likeness (QED) is 0.837. The average molecular weight is 300 g/mol. The molecule has 1 saturated carbocycles. The molecule has 0 spiro atoms. The first-order valence-electron chi connectivity index (χ1n) is 7.35. The highest BCUT2D eigenvalue weighted by atomic mass is 32.2. The van der Waals surface area contributed by atoms with Gasteiger partial charge in [0, 0.05) is 19.3 Å². The Morgan fingerprint density at radius 3 is 2.70 bits per heavy atom. The zero-order valence-corrected chi connectivity index (χ0v) is 12.8. The highest BCUT2D eigenvalue weighted by Crippen LogP contribution is 2.26. The molecular formula is C13H24N4O2S. The van der Waals surface area contributed by atoms with Crippen molar-refractivity contribution in [2.45, 2.75) is 56.9 Å². The van der Waals surface area contributed by atoms with Crippen LogP contribution in [0.2, 0.25) is 0 Å². The third kappa shape index (κ3) is 3.73. The van der Waals surface area contributed by atoms with Crippen LogP contribution in [-0.4, -0.2) is 24.7 Å². The van der Waals surface area contributed by atoms with Crippen LogP contribution in [-0.2, 0) is 16.6 Å². The van der Waals surface area contributed by atoms with E-state index >= 15 is 0 Å². The zero-order valence-electron chi connectivity index (χ0n) is 12.0. The second kappa shape index (κ2) is 6.58. The Morgan fingerprint density at radius 2 is 2.10 bits per heavy atom. The van der Waals surface area contributed by atoms with Gasteiger partial charge < -0.3 is 5.73 Å². The molecule has 0 aliphatic heterocycles. The van der Waals surface area contributed by atoms with E-state index < -0.39 is 10.0 Å². The standard InChI is InChI=1S/C13H24N4O2S/c1-2-17-10-12(13(14)16-17)20(18,19)15-9-8-11-6-4-3-5-7-11/h10-11,15H,2-9H2,1H3,(H2,14,16). The number of nitrogens with zero attached hydrogens (tertiary/aromatic N) is 2. The van der Waals surface area contributed by atoms with Crippen molar-refractivity contribution in [1.29, 1.82) is 0 Å². The van der Waals surface area contributed by atoms with Crippen LogP contribution in [0.5, 0.6) is 0 Å². The molecule has 1 aliphatic rings. The van der Waals surface area contributed by atoms with Gasteiger partial charge >= 0.3 is 0 Å². The third-order valence-corrected chi connectivity index (χ3v) is 5.42. The number of nitrogens with one attached hydrogen (secondary N) is 1. The molecule has 1 fully saturated rings. The molecule has 0 amide bonds. The Bertz CT molecular complexity index is 533. The molecule has 1 heterocycles. The van der Waals surface area contributed by atoms with Crippen molar-refractivity contribution in [1.82, 2.24) is 14.5 Å². The Morgan fingerprint density at radius 1 is 1.40 bits per heavy atom. The number of hydrogen-bond donors (Lipinski definition) is 2. The summed E-state index contributed by atoms with van der Waals surface area (Å²) in [5.74, 6) is 0.721. The molecule has 1 aromatic rings. The van der Waals surface area contributed by atoms with Crippen molar-refractivity contribution in [2.24, 2.45) is 5.92 Å². The van der Waals surface area contributed by atoms with Gasteiger partial charge in [-0.25, -0.2) is 13.1 Å². The second-order valence-electron chi connectivity index (χ2n) is 5.42. The average Bonchev–Trinajstić information content (AvgIpc) is 2.82. The predicted octanol–water partition coefficient (Wildman–Crippen LogP) is 1.73. The van der Waals surface area contributed by atoms with Crippen LogP contribution in [0.25, 0.3) is 0 Å². The van der Waals surface area contributed by atoms with Crippen molar-refractivity contribution in [3.8, 4) is 0 Å². The number of hydrogen-bond acceptors (Lipinski definition) is 4. The number of aryl methyl sites for hydroxylation is 1. The molecule has 1 aromatic heterocycles. The van der Waals surface area contributed by atoms with Gasteiger partial charge in [-0.3, -0.25) is 4.68 Å². The minimum Gasteiger partial charge on any atom is -0.381 e. The van der Waals surface area contributed by atoms with Crippen LogP contribution >= 0.6 is 0 Å². The van der Waals surface area contributed by atoms with Crippen molar-refractivity contribution >= 4 is 15.8 Å². The van der Waals surface area contributed by atoms with Gasteiger partial charge in [0.25, 0.3) is 0 Å². The summed E-state index contributed by atoms with van der Waals surface area (Å²) in [6.45, 7) is 2.96. The summed E-state index contributed by atoms with van der Waals surface area (Å²) in [4.78, 5) is 0.0861. The lowest BCUT2D eigenvalue weighted by atomic mass is 9.87. The largest absolute Gasteiger partial charge is 0.381 e. The van der Waals surface area contributed by atoms with Crippen LogP contribution in [0, 0.1) is 5.92 Å². The van der Waals surface area contributed by atoms with Crippen LogP contribution in [0.15, 0.2) is 11.1 Å². The van der Waals surface area contributed by atoms with Gasteiger partial charge in [-0.05, 0) is 19.3 Å². The highest BCUT2D eigenvalue weighted by Gasteiger charge is 2.21. The number of rotatable bonds is 6. The van der Waals surface area contributed by atoms with Gasteiger partial charge in [0.05, 0.1) is 0 Å². The molecule has 0 saturated heterocycles. The summed E-state index contributed by atoms with van der Waals surface area (Å²) in [7, 11) is -3.54. The number of sulfonamides is 1. The molecular weight excluding hydrogens is 276 g/mol. The third-order valence-electron chi connectivity index (χ3n) is 3.94. The maximum absolute atomic E-state index is 12.2. The number of nitrogens with two attached hydrogens (primary N) is 1. The molecule has 7 heteroatoms. The molecule has 1 aliphatic carbocycles. The van der Waals surface area contributed by atoms with Gasteiger partial charge in [0.1, 0.15) is 4.90 Å². The van der Waals surface area contributed by atoms with Crippen LogP contribution in [0.1, 0.15) is 45.4 Å². The summed E-state index contributed by atoms with van der Waals surface area (Å²) in [5.41, 5.74) is 5.67. The molecule has 0 atom stereocenters. The Hall–Kier alpha value is -1.08. The molecule has 114 valence electrons. The lowest BCUT2D eigenvalue weighted by Gasteiger charge is -2.21. The summed E-state index contributed by atoms with van der Waals surface area (Å²) >= 11 is 0. The van der Waals surface area contributed by atoms with Gasteiger partial charge in [-0.15, -0.1) is 0 Å². The molecule has 0 unspecified atom stereocenters. The summed E-state index contributed by atoms with van der Waals surface area (Å²) in [6.07, 6.45) is 8.69. The maximum Gasteiger partial charge on any atom is 0.245 e. The topological polar surface area (TPSA) is 90.0 Å². The minimum absolute atomic E-state index is 0.0667. The molecule has 0 aromatic carbocycles. The number of aromatic nitrogens is 2. The van der Waals surface area contributed by atoms with Gasteiger partial charge in [0.15, 0.2) is 5.82 Å². The van der Waals surface area contributed by atoms with Crippen molar-refractivity contribution in [3.63, 3.8) is 0 Å². The SMILES string of the molecule is CCn1cc(S(=O)(=O)NCCC2CCCCC2)c(N)n1. The first-order chi connectivity index (χ1) is 9.53. The van der Waals surface area contributed by atoms with Crippen molar-refractivity contribution in [3.05, 3.63) is 6.20 Å². The van der Waals surface area contributed by atoms with Gasteiger partial charge in [0.2, 0.25) is 10.0 Å². The van der Waals surface area contributed by atoms with E-state index in [0.717, 1.165) is 6.42 Å². The van der Waals surface area contributed by atoms with E-state index in [0.29, 0.717) is 19.0 Å². The molecule has 0 bridgehead atoms. The Labute approximate surface area is 120 Å². The summed E-state index contributed by atoms with van der Waals surface area (Å²) < 4.78 is 28.5. The van der Waals surface area contributed by atoms with E-state index in [1.165, 1.54) is 43.0 Å². The molecule has 20 heavy (non-hydrogen) atoms. The Kier molecular flexibility index (Phi) is 5.04. The molecule has 2 rings (SSSR count). The fraction of sp³-hybridized carbons (Fsp3) is 0.769. The zero-order chi connectivity index (χ0) is 14.6. The van der Waals surface area contributed by atoms with E-state index in [1.807, 2.05) is 6.92 Å². The van der Waals surface area contributed by atoms with E-state index in [-0.39, 0.29) is 10.7 Å². The lowest BCUT2D eigenvalue weighted by molar-refractivity contribution is 0.339. The summed E-state index contributed by atoms with van der Waals surface area (Å²) in [6, 6.07) is 0.